The van der Waals surface area contributed by atoms with E-state index in [1.165, 1.54) is 34.9 Å². The highest BCUT2D eigenvalue weighted by atomic mass is 32.2. The number of sulfonamides is 1. The Kier molecular flexibility index (Phi) is 7.82. The number of methoxy groups -OCH3 is 3. The molecule has 1 aliphatic rings. The van der Waals surface area contributed by atoms with Crippen molar-refractivity contribution in [2.24, 2.45) is 10.9 Å². The molecule has 2 aromatic carbocycles. The number of nitrogens with zero attached hydrogens (tertiary/aromatic N) is 3. The first-order valence-corrected chi connectivity index (χ1v) is 13.7. The summed E-state index contributed by atoms with van der Waals surface area (Å²) in [5.41, 5.74) is 0.844. The van der Waals surface area contributed by atoms with Gasteiger partial charge in [0.25, 0.3) is 5.91 Å². The van der Waals surface area contributed by atoms with Gasteiger partial charge in [0.15, 0.2) is 16.3 Å². The number of piperidine rings is 1. The second kappa shape index (κ2) is 10.9. The molecule has 11 heteroatoms. The van der Waals surface area contributed by atoms with E-state index >= 15 is 0 Å². The average molecular weight is 532 g/mol. The lowest BCUT2D eigenvalue weighted by Gasteiger charge is -2.30. The van der Waals surface area contributed by atoms with Gasteiger partial charge in [-0.25, -0.2) is 8.42 Å². The van der Waals surface area contributed by atoms with Crippen LogP contribution in [0.3, 0.4) is 0 Å². The van der Waals surface area contributed by atoms with Crippen molar-refractivity contribution >= 4 is 37.5 Å². The lowest BCUT2D eigenvalue weighted by molar-refractivity contribution is -0.122. The van der Waals surface area contributed by atoms with Crippen molar-refractivity contribution in [2.45, 2.75) is 24.3 Å². The lowest BCUT2D eigenvalue weighted by Crippen LogP contribution is -2.42. The predicted octanol–water partition coefficient (Wildman–Crippen LogP) is 3.44. The SMILES string of the molecule is C=CCn1c(=NC(=O)C2CCCN(S(=O)(=O)c3ccc(OC)cc3)C2)sc2cc(OC)c(OC)cc21. The van der Waals surface area contributed by atoms with Gasteiger partial charge in [-0.1, -0.05) is 17.4 Å². The summed E-state index contributed by atoms with van der Waals surface area (Å²) in [6, 6.07) is 9.95. The number of hydrogen-bond acceptors (Lipinski definition) is 7. The highest BCUT2D eigenvalue weighted by Gasteiger charge is 2.33. The maximum atomic E-state index is 13.3. The van der Waals surface area contributed by atoms with Gasteiger partial charge in [-0.2, -0.15) is 9.30 Å². The zero-order chi connectivity index (χ0) is 25.9. The third kappa shape index (κ3) is 5.04. The topological polar surface area (TPSA) is 99.4 Å². The molecule has 1 amide bonds. The summed E-state index contributed by atoms with van der Waals surface area (Å²) in [7, 11) is 0.920. The van der Waals surface area contributed by atoms with E-state index in [-0.39, 0.29) is 17.3 Å². The molecule has 9 nitrogen and oxygen atoms in total. The van der Waals surface area contributed by atoms with Gasteiger partial charge in [0.1, 0.15) is 5.75 Å². The minimum Gasteiger partial charge on any atom is -0.497 e. The minimum absolute atomic E-state index is 0.0880. The predicted molar refractivity (Wildman–Crippen MR) is 138 cm³/mol. The zero-order valence-electron chi connectivity index (χ0n) is 20.5. The van der Waals surface area contributed by atoms with Gasteiger partial charge in [0.05, 0.1) is 42.4 Å². The molecular weight excluding hydrogens is 502 g/mol. The smallest absolute Gasteiger partial charge is 0.252 e. The van der Waals surface area contributed by atoms with E-state index in [0.717, 1.165) is 10.2 Å². The Morgan fingerprint density at radius 1 is 1.14 bits per heavy atom. The summed E-state index contributed by atoms with van der Waals surface area (Å²) in [6.07, 6.45) is 2.88. The first-order valence-electron chi connectivity index (χ1n) is 11.4. The van der Waals surface area contributed by atoms with Crippen molar-refractivity contribution in [3.8, 4) is 17.2 Å². The van der Waals surface area contributed by atoms with Crippen LogP contribution in [0.1, 0.15) is 12.8 Å². The Morgan fingerprint density at radius 3 is 2.47 bits per heavy atom. The van der Waals surface area contributed by atoms with Gasteiger partial charge >= 0.3 is 0 Å². The Balaban J connectivity index is 1.64. The van der Waals surface area contributed by atoms with Crippen LogP contribution in [0.5, 0.6) is 17.2 Å². The molecule has 1 aliphatic heterocycles. The van der Waals surface area contributed by atoms with Crippen molar-refractivity contribution in [1.82, 2.24) is 8.87 Å². The number of amides is 1. The fourth-order valence-electron chi connectivity index (χ4n) is 4.23. The lowest BCUT2D eigenvalue weighted by atomic mass is 9.99. The van der Waals surface area contributed by atoms with E-state index in [0.29, 0.717) is 48.0 Å². The van der Waals surface area contributed by atoms with Crippen molar-refractivity contribution in [2.75, 3.05) is 34.4 Å². The molecule has 0 aliphatic carbocycles. The summed E-state index contributed by atoms with van der Waals surface area (Å²) >= 11 is 1.36. The minimum atomic E-state index is -3.74. The molecule has 1 aromatic heterocycles. The number of benzene rings is 2. The number of ether oxygens (including phenoxy) is 3. The van der Waals surface area contributed by atoms with Crippen LogP contribution in [-0.4, -0.2) is 57.6 Å². The average Bonchev–Trinajstić information content (AvgIpc) is 3.23. The molecule has 0 radical (unpaired) electrons. The highest BCUT2D eigenvalue weighted by Crippen LogP contribution is 2.33. The molecule has 1 fully saturated rings. The number of rotatable bonds is 8. The third-order valence-electron chi connectivity index (χ3n) is 6.14. The van der Waals surface area contributed by atoms with Gasteiger partial charge in [-0.3, -0.25) is 4.79 Å². The van der Waals surface area contributed by atoms with E-state index in [1.54, 1.807) is 32.4 Å². The number of thiazole rings is 1. The van der Waals surface area contributed by atoms with Gasteiger partial charge in [-0.05, 0) is 37.1 Å². The van der Waals surface area contributed by atoms with Crippen LogP contribution in [0.25, 0.3) is 10.2 Å². The normalized spacial score (nSPS) is 17.2. The van der Waals surface area contributed by atoms with Crippen molar-refractivity contribution in [3.63, 3.8) is 0 Å². The number of hydrogen-bond donors (Lipinski definition) is 0. The molecule has 2 heterocycles. The van der Waals surface area contributed by atoms with E-state index in [9.17, 15) is 13.2 Å². The maximum Gasteiger partial charge on any atom is 0.252 e. The number of allylic oxidation sites excluding steroid dienone is 1. The van der Waals surface area contributed by atoms with E-state index in [2.05, 4.69) is 11.6 Å². The largest absolute Gasteiger partial charge is 0.497 e. The molecule has 36 heavy (non-hydrogen) atoms. The van der Waals surface area contributed by atoms with Gasteiger partial charge in [0, 0.05) is 31.8 Å². The molecule has 0 saturated carbocycles. The van der Waals surface area contributed by atoms with Crippen LogP contribution in [0, 0.1) is 5.92 Å². The second-order valence-electron chi connectivity index (χ2n) is 8.29. The first-order chi connectivity index (χ1) is 17.3. The van der Waals surface area contributed by atoms with Crippen molar-refractivity contribution < 1.29 is 27.4 Å². The summed E-state index contributed by atoms with van der Waals surface area (Å²) < 4.78 is 46.5. The Labute approximate surface area is 214 Å². The highest BCUT2D eigenvalue weighted by molar-refractivity contribution is 7.89. The Bertz CT molecular complexity index is 1440. The van der Waals surface area contributed by atoms with Crippen LogP contribution in [-0.2, 0) is 21.4 Å². The summed E-state index contributed by atoms with van der Waals surface area (Å²) in [5, 5.41) is 0. The van der Waals surface area contributed by atoms with E-state index in [4.69, 9.17) is 14.2 Å². The number of carbonyl (C=O) groups is 1. The third-order valence-corrected chi connectivity index (χ3v) is 9.06. The van der Waals surface area contributed by atoms with Crippen LogP contribution in [0.4, 0.5) is 0 Å². The summed E-state index contributed by atoms with van der Waals surface area (Å²) in [4.78, 5) is 18.4. The molecule has 0 bridgehead atoms. The molecule has 4 rings (SSSR count). The molecule has 0 N–H and O–H groups in total. The molecule has 1 atom stereocenters. The van der Waals surface area contributed by atoms with Crippen LogP contribution < -0.4 is 19.0 Å². The van der Waals surface area contributed by atoms with E-state index < -0.39 is 15.9 Å². The van der Waals surface area contributed by atoms with Crippen LogP contribution in [0.15, 0.2) is 58.9 Å². The Morgan fingerprint density at radius 2 is 1.83 bits per heavy atom. The monoisotopic (exact) mass is 531 g/mol. The van der Waals surface area contributed by atoms with Crippen LogP contribution in [0.2, 0.25) is 0 Å². The molecule has 1 saturated heterocycles. The standard InChI is InChI=1S/C25H29N3O6S2/c1-5-12-28-20-14-21(33-3)22(34-4)15-23(20)35-25(28)26-24(29)17-7-6-13-27(16-17)36(30,31)19-10-8-18(32-2)9-11-19/h5,8-11,14-15,17H,1,6-7,12-13,16H2,2-4H3. The Hall–Kier alpha value is -3.15. The second-order valence-corrected chi connectivity index (χ2v) is 11.2. The van der Waals surface area contributed by atoms with Gasteiger partial charge in [-0.15, -0.1) is 6.58 Å². The quantitative estimate of drug-likeness (QED) is 0.413. The fraction of sp³-hybridized carbons (Fsp3) is 0.360. The van der Waals surface area contributed by atoms with Crippen LogP contribution >= 0.6 is 11.3 Å². The molecule has 0 spiro atoms. The first kappa shape index (κ1) is 25.9. The zero-order valence-corrected chi connectivity index (χ0v) is 22.1. The fourth-order valence-corrected chi connectivity index (χ4v) is 6.81. The number of carbonyl (C=O) groups excluding carboxylic acids is 1. The molecule has 192 valence electrons. The summed E-state index contributed by atoms with van der Waals surface area (Å²) in [6.45, 7) is 4.72. The summed E-state index contributed by atoms with van der Waals surface area (Å²) in [5.74, 6) is 0.865. The maximum absolute atomic E-state index is 13.3. The molecule has 3 aromatic rings. The molecule has 1 unspecified atom stereocenters. The number of fused-ring (bicyclic) bond motifs is 1. The van der Waals surface area contributed by atoms with Gasteiger partial charge in [0.2, 0.25) is 10.0 Å². The van der Waals surface area contributed by atoms with E-state index in [1.807, 2.05) is 16.7 Å². The molecular formula is C25H29N3O6S2. The van der Waals surface area contributed by atoms with Crippen molar-refractivity contribution in [3.05, 3.63) is 53.9 Å². The van der Waals surface area contributed by atoms with Crippen molar-refractivity contribution in [1.29, 1.82) is 0 Å². The van der Waals surface area contributed by atoms with Gasteiger partial charge < -0.3 is 18.8 Å². The number of aromatic nitrogens is 1.